The summed E-state index contributed by atoms with van der Waals surface area (Å²) >= 11 is 0.931. The Bertz CT molecular complexity index is 523. The first kappa shape index (κ1) is 15.1. The Hall–Kier alpha value is -1.96. The lowest BCUT2D eigenvalue weighted by atomic mass is 10.2. The summed E-state index contributed by atoms with van der Waals surface area (Å²) in [6.45, 7) is 3.33. The van der Waals surface area contributed by atoms with Crippen molar-refractivity contribution in [3.8, 4) is 0 Å². The number of hydrogen-bond acceptors (Lipinski definition) is 6. The minimum Gasteiger partial charge on any atom is -0.465 e. The van der Waals surface area contributed by atoms with Crippen LogP contribution < -0.4 is 5.32 Å². The SMILES string of the molecule is CCCC(=O)Nc1c(C(=O)OC)sc(C)c1[N+](=O)[O-]. The molecule has 0 aliphatic rings. The second kappa shape index (κ2) is 6.28. The Morgan fingerprint density at radius 3 is 2.58 bits per heavy atom. The molecular formula is C11H14N2O5S. The first-order chi connectivity index (χ1) is 8.92. The first-order valence-corrected chi connectivity index (χ1v) is 6.39. The van der Waals surface area contributed by atoms with Gasteiger partial charge in [0, 0.05) is 6.42 Å². The number of nitrogens with zero attached hydrogens (tertiary/aromatic N) is 1. The molecular weight excluding hydrogens is 272 g/mol. The molecule has 0 fully saturated rings. The van der Waals surface area contributed by atoms with Crippen LogP contribution in [0.1, 0.15) is 34.3 Å². The number of methoxy groups -OCH3 is 1. The van der Waals surface area contributed by atoms with Crippen molar-refractivity contribution in [1.82, 2.24) is 0 Å². The summed E-state index contributed by atoms with van der Waals surface area (Å²) < 4.78 is 4.56. The van der Waals surface area contributed by atoms with Gasteiger partial charge in [0.25, 0.3) is 0 Å². The van der Waals surface area contributed by atoms with Crippen LogP contribution in [0.2, 0.25) is 0 Å². The molecule has 104 valence electrons. The van der Waals surface area contributed by atoms with Gasteiger partial charge in [0.1, 0.15) is 10.6 Å². The third-order valence-corrected chi connectivity index (χ3v) is 3.42. The van der Waals surface area contributed by atoms with Gasteiger partial charge in [0.05, 0.1) is 16.9 Å². The molecule has 0 saturated carbocycles. The molecule has 0 atom stereocenters. The van der Waals surface area contributed by atoms with Crippen molar-refractivity contribution < 1.29 is 19.2 Å². The average Bonchev–Trinajstić information content (AvgIpc) is 2.65. The number of esters is 1. The Labute approximate surface area is 113 Å². The van der Waals surface area contributed by atoms with Crippen molar-refractivity contribution in [3.05, 3.63) is 19.9 Å². The van der Waals surface area contributed by atoms with Gasteiger partial charge >= 0.3 is 11.7 Å². The molecule has 1 rings (SSSR count). The lowest BCUT2D eigenvalue weighted by Gasteiger charge is -2.04. The van der Waals surface area contributed by atoms with Gasteiger partial charge in [-0.25, -0.2) is 4.79 Å². The molecule has 1 heterocycles. The van der Waals surface area contributed by atoms with Crippen LogP contribution in [-0.2, 0) is 9.53 Å². The molecule has 7 nitrogen and oxygen atoms in total. The number of nitrogens with one attached hydrogen (secondary N) is 1. The molecule has 0 unspecified atom stereocenters. The van der Waals surface area contributed by atoms with Crippen LogP contribution in [0.5, 0.6) is 0 Å². The highest BCUT2D eigenvalue weighted by Gasteiger charge is 2.30. The molecule has 19 heavy (non-hydrogen) atoms. The molecule has 1 aromatic heterocycles. The number of ether oxygens (including phenoxy) is 1. The topological polar surface area (TPSA) is 98.5 Å². The number of carbonyl (C=O) groups excluding carboxylic acids is 2. The van der Waals surface area contributed by atoms with E-state index < -0.39 is 10.9 Å². The monoisotopic (exact) mass is 286 g/mol. The lowest BCUT2D eigenvalue weighted by molar-refractivity contribution is -0.384. The maximum absolute atomic E-state index is 11.6. The molecule has 0 bridgehead atoms. The van der Waals surface area contributed by atoms with E-state index in [0.29, 0.717) is 11.3 Å². The zero-order valence-corrected chi connectivity index (χ0v) is 11.6. The quantitative estimate of drug-likeness (QED) is 0.509. The van der Waals surface area contributed by atoms with Gasteiger partial charge in [-0.05, 0) is 13.3 Å². The second-order valence-electron chi connectivity index (χ2n) is 3.76. The number of thiophene rings is 1. The van der Waals surface area contributed by atoms with E-state index >= 15 is 0 Å². The van der Waals surface area contributed by atoms with Gasteiger partial charge in [-0.3, -0.25) is 14.9 Å². The van der Waals surface area contributed by atoms with Crippen LogP contribution in [0.3, 0.4) is 0 Å². The third-order valence-electron chi connectivity index (χ3n) is 2.35. The lowest BCUT2D eigenvalue weighted by Crippen LogP contribution is -2.14. The third kappa shape index (κ3) is 3.28. The van der Waals surface area contributed by atoms with Crippen molar-refractivity contribution in [1.29, 1.82) is 0 Å². The number of amides is 1. The number of carbonyl (C=O) groups is 2. The van der Waals surface area contributed by atoms with Crippen LogP contribution in [-0.4, -0.2) is 23.9 Å². The number of nitro groups is 1. The number of rotatable bonds is 5. The summed E-state index contributed by atoms with van der Waals surface area (Å²) in [5, 5.41) is 13.4. The predicted molar refractivity (Wildman–Crippen MR) is 70.6 cm³/mol. The van der Waals surface area contributed by atoms with Crippen LogP contribution in [0.25, 0.3) is 0 Å². The number of anilines is 1. The van der Waals surface area contributed by atoms with E-state index in [1.807, 2.05) is 6.92 Å². The first-order valence-electron chi connectivity index (χ1n) is 5.58. The van der Waals surface area contributed by atoms with Crippen LogP contribution in [0.4, 0.5) is 11.4 Å². The maximum Gasteiger partial charge on any atom is 0.350 e. The molecule has 1 aromatic rings. The summed E-state index contributed by atoms with van der Waals surface area (Å²) in [5.74, 6) is -1.07. The highest BCUT2D eigenvalue weighted by atomic mass is 32.1. The van der Waals surface area contributed by atoms with E-state index in [1.54, 1.807) is 0 Å². The molecule has 0 spiro atoms. The van der Waals surface area contributed by atoms with Gasteiger partial charge in [-0.1, -0.05) is 6.92 Å². The maximum atomic E-state index is 11.6. The van der Waals surface area contributed by atoms with Crippen molar-refractivity contribution in [2.75, 3.05) is 12.4 Å². The van der Waals surface area contributed by atoms with Crippen molar-refractivity contribution >= 4 is 34.6 Å². The Kier molecular flexibility index (Phi) is 4.99. The summed E-state index contributed by atoms with van der Waals surface area (Å²) in [5.41, 5.74) is -0.326. The van der Waals surface area contributed by atoms with Gasteiger partial charge in [-0.15, -0.1) is 11.3 Å². The summed E-state index contributed by atoms with van der Waals surface area (Å²) in [7, 11) is 1.18. The van der Waals surface area contributed by atoms with Gasteiger partial charge in [-0.2, -0.15) is 0 Å². The Morgan fingerprint density at radius 1 is 1.47 bits per heavy atom. The van der Waals surface area contributed by atoms with Crippen molar-refractivity contribution in [2.45, 2.75) is 26.7 Å². The predicted octanol–water partition coefficient (Wildman–Crippen LogP) is 2.49. The normalized spacial score (nSPS) is 10.1. The Morgan fingerprint density at radius 2 is 2.11 bits per heavy atom. The molecule has 0 aromatic carbocycles. The van der Waals surface area contributed by atoms with Gasteiger partial charge in [0.15, 0.2) is 0 Å². The van der Waals surface area contributed by atoms with Crippen molar-refractivity contribution in [3.63, 3.8) is 0 Å². The zero-order chi connectivity index (χ0) is 14.6. The van der Waals surface area contributed by atoms with E-state index in [9.17, 15) is 19.7 Å². The standard InChI is InChI=1S/C11H14N2O5S/c1-4-5-7(14)12-8-9(13(16)17)6(2)19-10(8)11(15)18-3/h4-5H2,1-3H3,(H,12,14). The molecule has 0 aliphatic carbocycles. The summed E-state index contributed by atoms with van der Waals surface area (Å²) in [6.07, 6.45) is 0.836. The fourth-order valence-corrected chi connectivity index (χ4v) is 2.53. The molecule has 0 aliphatic heterocycles. The highest BCUT2D eigenvalue weighted by molar-refractivity contribution is 7.15. The minimum absolute atomic E-state index is 0.0381. The zero-order valence-electron chi connectivity index (χ0n) is 10.8. The van der Waals surface area contributed by atoms with Crippen LogP contribution in [0.15, 0.2) is 0 Å². The highest BCUT2D eigenvalue weighted by Crippen LogP contribution is 2.39. The van der Waals surface area contributed by atoms with E-state index in [4.69, 9.17) is 0 Å². The molecule has 8 heteroatoms. The molecule has 0 saturated heterocycles. The largest absolute Gasteiger partial charge is 0.465 e. The number of aryl methyl sites for hydroxylation is 1. The van der Waals surface area contributed by atoms with Gasteiger partial charge in [0.2, 0.25) is 5.91 Å². The van der Waals surface area contributed by atoms with Gasteiger partial charge < -0.3 is 10.1 Å². The molecule has 1 N–H and O–H groups in total. The molecule has 1 amide bonds. The van der Waals surface area contributed by atoms with E-state index in [-0.39, 0.29) is 28.6 Å². The number of hydrogen-bond donors (Lipinski definition) is 1. The average molecular weight is 286 g/mol. The van der Waals surface area contributed by atoms with Crippen molar-refractivity contribution in [2.24, 2.45) is 0 Å². The van der Waals surface area contributed by atoms with E-state index in [0.717, 1.165) is 11.3 Å². The summed E-state index contributed by atoms with van der Waals surface area (Å²) in [6, 6.07) is 0. The van der Waals surface area contributed by atoms with E-state index in [2.05, 4.69) is 10.1 Å². The van der Waals surface area contributed by atoms with Crippen LogP contribution >= 0.6 is 11.3 Å². The molecule has 0 radical (unpaired) electrons. The summed E-state index contributed by atoms with van der Waals surface area (Å²) in [4.78, 5) is 33.9. The second-order valence-corrected chi connectivity index (χ2v) is 4.98. The fourth-order valence-electron chi connectivity index (χ4n) is 1.54. The minimum atomic E-state index is -0.701. The smallest absolute Gasteiger partial charge is 0.350 e. The van der Waals surface area contributed by atoms with E-state index in [1.165, 1.54) is 14.0 Å². The fraction of sp³-hybridized carbons (Fsp3) is 0.455. The van der Waals surface area contributed by atoms with Crippen LogP contribution in [0, 0.1) is 17.0 Å². The Balaban J connectivity index is 3.26.